The molecule has 0 saturated carbocycles. The van der Waals surface area contributed by atoms with Gasteiger partial charge >= 0.3 is 0 Å². The van der Waals surface area contributed by atoms with E-state index in [0.717, 1.165) is 25.8 Å². The summed E-state index contributed by atoms with van der Waals surface area (Å²) in [6.07, 6.45) is 1.79. The van der Waals surface area contributed by atoms with E-state index in [9.17, 15) is 0 Å². The van der Waals surface area contributed by atoms with Gasteiger partial charge in [0.05, 0.1) is 9.90 Å². The minimum Gasteiger partial charge on any atom is -0.296 e. The van der Waals surface area contributed by atoms with Crippen LogP contribution in [-0.4, -0.2) is 14.8 Å². The summed E-state index contributed by atoms with van der Waals surface area (Å²) >= 11 is 13.3. The Morgan fingerprint density at radius 1 is 1.47 bits per heavy atom. The number of hydrogen-bond acceptors (Lipinski definition) is 3. The number of aromatic nitrogens is 3. The van der Waals surface area contributed by atoms with Crippen molar-refractivity contribution >= 4 is 45.2 Å². The van der Waals surface area contributed by atoms with Gasteiger partial charge in [-0.2, -0.15) is 5.10 Å². The average molecular weight is 308 g/mol. The third-order valence-electron chi connectivity index (χ3n) is 2.81. The van der Waals surface area contributed by atoms with E-state index < -0.39 is 0 Å². The van der Waals surface area contributed by atoms with E-state index in [-0.39, 0.29) is 0 Å². The Morgan fingerprint density at radius 2 is 2.26 bits per heavy atom. The highest BCUT2D eigenvalue weighted by atomic mass is 35.5. The van der Waals surface area contributed by atoms with Gasteiger partial charge in [-0.1, -0.05) is 35.9 Å². The van der Waals surface area contributed by atoms with Gasteiger partial charge in [0.25, 0.3) is 0 Å². The van der Waals surface area contributed by atoms with Crippen LogP contribution in [0.2, 0.25) is 5.02 Å². The molecule has 96 valence electrons. The molecule has 0 aliphatic heterocycles. The number of aromatic amines is 1. The molecule has 0 fully saturated rings. The maximum absolute atomic E-state index is 6.46. The standard InChI is InChI=1S/C13H10ClN3S2/c1-2-7-17-12(15-16-13(17)18)11-10(14)8-5-3-4-6-9(8)19-11/h2-6H,1,7H2,(H,16,18). The summed E-state index contributed by atoms with van der Waals surface area (Å²) in [6, 6.07) is 8.04. The lowest BCUT2D eigenvalue weighted by Crippen LogP contribution is -1.97. The molecule has 0 amide bonds. The van der Waals surface area contributed by atoms with Crippen LogP contribution in [0.4, 0.5) is 0 Å². The molecule has 3 aromatic rings. The normalized spacial score (nSPS) is 11.0. The topological polar surface area (TPSA) is 33.6 Å². The summed E-state index contributed by atoms with van der Waals surface area (Å²) in [5.74, 6) is 0.760. The second-order valence-corrected chi connectivity index (χ2v) is 5.81. The molecule has 0 unspecified atom stereocenters. The van der Waals surface area contributed by atoms with Crippen LogP contribution in [0.5, 0.6) is 0 Å². The van der Waals surface area contributed by atoms with Crippen LogP contribution in [0.3, 0.4) is 0 Å². The molecular formula is C13H10ClN3S2. The van der Waals surface area contributed by atoms with Crippen molar-refractivity contribution in [2.75, 3.05) is 0 Å². The number of halogens is 1. The third-order valence-corrected chi connectivity index (χ3v) is 4.79. The molecule has 0 bridgehead atoms. The molecule has 0 radical (unpaired) electrons. The number of benzene rings is 1. The molecule has 2 heterocycles. The van der Waals surface area contributed by atoms with E-state index in [1.54, 1.807) is 17.4 Å². The molecule has 1 N–H and O–H groups in total. The maximum Gasteiger partial charge on any atom is 0.195 e. The minimum atomic E-state index is 0.573. The average Bonchev–Trinajstić information content (AvgIpc) is 2.93. The second kappa shape index (κ2) is 4.92. The van der Waals surface area contributed by atoms with E-state index in [1.165, 1.54) is 0 Å². The Bertz CT molecular complexity index is 813. The Hall–Kier alpha value is -1.43. The highest BCUT2D eigenvalue weighted by Crippen LogP contribution is 2.41. The number of thiophene rings is 1. The van der Waals surface area contributed by atoms with Crippen LogP contribution in [0.15, 0.2) is 36.9 Å². The van der Waals surface area contributed by atoms with Gasteiger partial charge in [-0.05, 0) is 18.3 Å². The lowest BCUT2D eigenvalue weighted by Gasteiger charge is -2.01. The summed E-state index contributed by atoms with van der Waals surface area (Å²) in [7, 11) is 0. The zero-order valence-electron chi connectivity index (χ0n) is 9.89. The van der Waals surface area contributed by atoms with Gasteiger partial charge < -0.3 is 0 Å². The molecule has 0 aliphatic rings. The third kappa shape index (κ3) is 2.04. The predicted octanol–water partition coefficient (Wildman–Crippen LogP) is 4.66. The smallest absolute Gasteiger partial charge is 0.195 e. The van der Waals surface area contributed by atoms with Crippen LogP contribution < -0.4 is 0 Å². The Morgan fingerprint density at radius 3 is 3.00 bits per heavy atom. The molecule has 0 aliphatic carbocycles. The van der Waals surface area contributed by atoms with Crippen LogP contribution in [0.25, 0.3) is 20.8 Å². The second-order valence-electron chi connectivity index (χ2n) is 3.99. The molecule has 2 aromatic heterocycles. The lowest BCUT2D eigenvalue weighted by molar-refractivity contribution is 0.815. The molecule has 0 saturated heterocycles. The SMILES string of the molecule is C=CCn1c(-c2sc3ccccc3c2Cl)n[nH]c1=S. The van der Waals surface area contributed by atoms with Gasteiger partial charge in [0.1, 0.15) is 0 Å². The minimum absolute atomic E-state index is 0.573. The van der Waals surface area contributed by atoms with Crippen molar-refractivity contribution in [2.45, 2.75) is 6.54 Å². The number of nitrogens with zero attached hydrogens (tertiary/aromatic N) is 2. The van der Waals surface area contributed by atoms with E-state index in [0.29, 0.717) is 11.3 Å². The highest BCUT2D eigenvalue weighted by molar-refractivity contribution is 7.71. The van der Waals surface area contributed by atoms with Crippen molar-refractivity contribution < 1.29 is 0 Å². The fraction of sp³-hybridized carbons (Fsp3) is 0.0769. The molecule has 6 heteroatoms. The Labute approximate surface area is 124 Å². The molecule has 3 nitrogen and oxygen atoms in total. The molecule has 19 heavy (non-hydrogen) atoms. The zero-order chi connectivity index (χ0) is 13.4. The zero-order valence-corrected chi connectivity index (χ0v) is 12.3. The number of rotatable bonds is 3. The number of H-pyrrole nitrogens is 1. The van der Waals surface area contributed by atoms with Crippen molar-refractivity contribution in [1.82, 2.24) is 14.8 Å². The van der Waals surface area contributed by atoms with Crippen molar-refractivity contribution in [3.05, 3.63) is 46.7 Å². The number of allylic oxidation sites excluding steroid dienone is 1. The van der Waals surface area contributed by atoms with E-state index >= 15 is 0 Å². The maximum atomic E-state index is 6.46. The van der Waals surface area contributed by atoms with Crippen LogP contribution >= 0.6 is 35.2 Å². The number of fused-ring (bicyclic) bond motifs is 1. The first-order valence-electron chi connectivity index (χ1n) is 5.66. The predicted molar refractivity (Wildman–Crippen MR) is 83.4 cm³/mol. The molecular weight excluding hydrogens is 298 g/mol. The first-order chi connectivity index (χ1) is 9.22. The Balaban J connectivity index is 2.27. The molecule has 0 spiro atoms. The van der Waals surface area contributed by atoms with Gasteiger partial charge in [0.15, 0.2) is 10.6 Å². The molecule has 1 aromatic carbocycles. The summed E-state index contributed by atoms with van der Waals surface area (Å²) in [4.78, 5) is 0.928. The number of hydrogen-bond donors (Lipinski definition) is 1. The van der Waals surface area contributed by atoms with E-state index in [4.69, 9.17) is 23.8 Å². The molecule has 0 atom stereocenters. The Kier molecular flexibility index (Phi) is 3.26. The summed E-state index contributed by atoms with van der Waals surface area (Å²) < 4.78 is 3.60. The lowest BCUT2D eigenvalue weighted by atomic mass is 10.2. The van der Waals surface area contributed by atoms with Crippen LogP contribution in [-0.2, 0) is 6.54 Å². The quantitative estimate of drug-likeness (QED) is 0.564. The summed E-state index contributed by atoms with van der Waals surface area (Å²) in [6.45, 7) is 4.34. The first-order valence-corrected chi connectivity index (χ1v) is 7.26. The monoisotopic (exact) mass is 307 g/mol. The van der Waals surface area contributed by atoms with Crippen molar-refractivity contribution in [3.63, 3.8) is 0 Å². The van der Waals surface area contributed by atoms with Crippen LogP contribution in [0.1, 0.15) is 0 Å². The van der Waals surface area contributed by atoms with Gasteiger partial charge in [0, 0.05) is 16.6 Å². The first kappa shape index (κ1) is 12.6. The number of nitrogens with one attached hydrogen (secondary N) is 1. The van der Waals surface area contributed by atoms with E-state index in [1.807, 2.05) is 22.8 Å². The van der Waals surface area contributed by atoms with Crippen LogP contribution in [0, 0.1) is 4.77 Å². The highest BCUT2D eigenvalue weighted by Gasteiger charge is 2.16. The van der Waals surface area contributed by atoms with Crippen molar-refractivity contribution in [3.8, 4) is 10.7 Å². The molecule has 3 rings (SSSR count). The largest absolute Gasteiger partial charge is 0.296 e. The van der Waals surface area contributed by atoms with Gasteiger partial charge in [-0.25, -0.2) is 0 Å². The fourth-order valence-electron chi connectivity index (χ4n) is 1.95. The van der Waals surface area contributed by atoms with Gasteiger partial charge in [0.2, 0.25) is 0 Å². The van der Waals surface area contributed by atoms with Gasteiger partial charge in [-0.15, -0.1) is 17.9 Å². The van der Waals surface area contributed by atoms with Crippen molar-refractivity contribution in [2.24, 2.45) is 0 Å². The fourth-order valence-corrected chi connectivity index (χ4v) is 3.67. The summed E-state index contributed by atoms with van der Waals surface area (Å²) in [5, 5.41) is 8.86. The van der Waals surface area contributed by atoms with E-state index in [2.05, 4.69) is 22.8 Å². The summed E-state index contributed by atoms with van der Waals surface area (Å²) in [5.41, 5.74) is 0. The van der Waals surface area contributed by atoms with Gasteiger partial charge in [-0.3, -0.25) is 9.67 Å². The van der Waals surface area contributed by atoms with Crippen molar-refractivity contribution in [1.29, 1.82) is 0 Å².